The average molecular weight is 272 g/mol. The van der Waals surface area contributed by atoms with Gasteiger partial charge in [-0.05, 0) is 30.2 Å². The van der Waals surface area contributed by atoms with Crippen molar-refractivity contribution in [1.82, 2.24) is 9.96 Å². The van der Waals surface area contributed by atoms with E-state index < -0.39 is 0 Å². The van der Waals surface area contributed by atoms with Crippen LogP contribution in [-0.4, -0.2) is 41.5 Å². The maximum absolute atomic E-state index is 11.4. The Morgan fingerprint density at radius 1 is 1.25 bits per heavy atom. The normalized spacial score (nSPS) is 34.3. The molecule has 1 aromatic carbocycles. The summed E-state index contributed by atoms with van der Waals surface area (Å²) in [4.78, 5) is 19.7. The van der Waals surface area contributed by atoms with E-state index >= 15 is 0 Å². The summed E-state index contributed by atoms with van der Waals surface area (Å²) >= 11 is 0. The van der Waals surface area contributed by atoms with Crippen molar-refractivity contribution in [3.63, 3.8) is 0 Å². The lowest BCUT2D eigenvalue weighted by molar-refractivity contribution is -0.212. The van der Waals surface area contributed by atoms with Gasteiger partial charge in [0.15, 0.2) is 6.29 Å². The van der Waals surface area contributed by atoms with Gasteiger partial charge in [-0.3, -0.25) is 9.74 Å². The fourth-order valence-electron chi connectivity index (χ4n) is 3.76. The van der Waals surface area contributed by atoms with Crippen molar-refractivity contribution >= 4 is 6.29 Å². The first-order chi connectivity index (χ1) is 9.82. The van der Waals surface area contributed by atoms with E-state index in [2.05, 4.69) is 17.0 Å². The van der Waals surface area contributed by atoms with Gasteiger partial charge in [-0.15, -0.1) is 0 Å². The predicted molar refractivity (Wildman–Crippen MR) is 74.6 cm³/mol. The summed E-state index contributed by atoms with van der Waals surface area (Å²) in [6, 6.07) is 10.6. The number of carbonyl (C=O) groups excluding carboxylic acids is 1. The highest BCUT2D eigenvalue weighted by Gasteiger charge is 2.60. The molecule has 0 N–H and O–H groups in total. The number of nitrogens with zero attached hydrogens (tertiary/aromatic N) is 2. The minimum absolute atomic E-state index is 0.191. The standard InChI is InChI=1S/C16H20N2O2/c19-11-15-17-9-8-16(6-7-16)14(10-17)18(15)20-12-13-4-2-1-3-5-13/h1-5,11,14-15H,6-10,12H2/t14-,15?/m1/s1. The van der Waals surface area contributed by atoms with E-state index in [-0.39, 0.29) is 6.17 Å². The van der Waals surface area contributed by atoms with Crippen LogP contribution in [0.15, 0.2) is 30.3 Å². The van der Waals surface area contributed by atoms with Crippen LogP contribution in [0.25, 0.3) is 0 Å². The number of piperidine rings is 1. The zero-order valence-corrected chi connectivity index (χ0v) is 11.6. The highest BCUT2D eigenvalue weighted by molar-refractivity contribution is 5.58. The lowest BCUT2D eigenvalue weighted by Crippen LogP contribution is -2.42. The van der Waals surface area contributed by atoms with Crippen LogP contribution in [0.2, 0.25) is 0 Å². The first-order valence-electron chi connectivity index (χ1n) is 7.47. The molecule has 0 radical (unpaired) electrons. The van der Waals surface area contributed by atoms with Gasteiger partial charge in [0.2, 0.25) is 0 Å². The van der Waals surface area contributed by atoms with Crippen molar-refractivity contribution in [1.29, 1.82) is 0 Å². The van der Waals surface area contributed by atoms with Gasteiger partial charge in [-0.1, -0.05) is 30.3 Å². The number of rotatable bonds is 4. The summed E-state index contributed by atoms with van der Waals surface area (Å²) in [6.07, 6.45) is 4.65. The fourth-order valence-corrected chi connectivity index (χ4v) is 3.76. The maximum atomic E-state index is 11.4. The van der Waals surface area contributed by atoms with Crippen LogP contribution in [0, 0.1) is 5.41 Å². The molecule has 4 heteroatoms. The van der Waals surface area contributed by atoms with Crippen LogP contribution in [0.4, 0.5) is 0 Å². The molecule has 3 atom stereocenters. The summed E-state index contributed by atoms with van der Waals surface area (Å²) in [7, 11) is 0. The highest BCUT2D eigenvalue weighted by atomic mass is 16.7. The van der Waals surface area contributed by atoms with Gasteiger partial charge >= 0.3 is 0 Å². The van der Waals surface area contributed by atoms with Gasteiger partial charge in [-0.2, -0.15) is 5.06 Å². The van der Waals surface area contributed by atoms with E-state index in [1.807, 2.05) is 23.3 Å². The van der Waals surface area contributed by atoms with Crippen LogP contribution in [0.1, 0.15) is 24.8 Å². The van der Waals surface area contributed by atoms with Crippen LogP contribution >= 0.6 is 0 Å². The Labute approximate surface area is 119 Å². The Bertz CT molecular complexity index is 500. The summed E-state index contributed by atoms with van der Waals surface area (Å²) in [5, 5.41) is 1.99. The molecule has 20 heavy (non-hydrogen) atoms. The molecule has 0 aromatic heterocycles. The number of fused-ring (bicyclic) bond motifs is 3. The molecular weight excluding hydrogens is 252 g/mol. The first kappa shape index (κ1) is 12.5. The maximum Gasteiger partial charge on any atom is 0.154 e. The van der Waals surface area contributed by atoms with E-state index in [1.54, 1.807) is 0 Å². The minimum atomic E-state index is -0.191. The molecule has 2 aliphatic heterocycles. The first-order valence-corrected chi connectivity index (χ1v) is 7.47. The van der Waals surface area contributed by atoms with E-state index in [0.29, 0.717) is 18.1 Å². The largest absolute Gasteiger partial charge is 0.300 e. The molecule has 1 saturated carbocycles. The Hall–Kier alpha value is -1.23. The third-order valence-electron chi connectivity index (χ3n) is 5.19. The molecule has 1 aliphatic carbocycles. The van der Waals surface area contributed by atoms with Gasteiger partial charge in [0.05, 0.1) is 12.6 Å². The second-order valence-corrected chi connectivity index (χ2v) is 6.29. The van der Waals surface area contributed by atoms with Crippen molar-refractivity contribution in [2.24, 2.45) is 5.41 Å². The smallest absolute Gasteiger partial charge is 0.154 e. The highest BCUT2D eigenvalue weighted by Crippen LogP contribution is 2.57. The summed E-state index contributed by atoms with van der Waals surface area (Å²) in [5.74, 6) is 0. The molecule has 2 saturated heterocycles. The van der Waals surface area contributed by atoms with E-state index in [0.717, 1.165) is 24.9 Å². The van der Waals surface area contributed by atoms with Crippen molar-refractivity contribution < 1.29 is 9.63 Å². The fraction of sp³-hybridized carbons (Fsp3) is 0.562. The quantitative estimate of drug-likeness (QED) is 0.783. The van der Waals surface area contributed by atoms with Crippen molar-refractivity contribution in [2.45, 2.75) is 38.1 Å². The Morgan fingerprint density at radius 2 is 2.05 bits per heavy atom. The van der Waals surface area contributed by atoms with Gasteiger partial charge in [0.1, 0.15) is 6.17 Å². The zero-order valence-electron chi connectivity index (χ0n) is 11.6. The van der Waals surface area contributed by atoms with Gasteiger partial charge in [0, 0.05) is 13.1 Å². The number of hydroxylamine groups is 2. The predicted octanol–water partition coefficient (Wildman–Crippen LogP) is 1.81. The van der Waals surface area contributed by atoms with Crippen molar-refractivity contribution in [3.8, 4) is 0 Å². The molecule has 1 spiro atoms. The van der Waals surface area contributed by atoms with Gasteiger partial charge in [0.25, 0.3) is 0 Å². The van der Waals surface area contributed by atoms with E-state index in [9.17, 15) is 4.79 Å². The molecule has 4 rings (SSSR count). The number of hydrogen-bond acceptors (Lipinski definition) is 4. The van der Waals surface area contributed by atoms with E-state index in [4.69, 9.17) is 4.84 Å². The molecule has 3 aliphatic rings. The molecule has 4 nitrogen and oxygen atoms in total. The van der Waals surface area contributed by atoms with Crippen LogP contribution in [0.5, 0.6) is 0 Å². The average Bonchev–Trinajstić information content (AvgIpc) is 3.20. The van der Waals surface area contributed by atoms with Gasteiger partial charge < -0.3 is 4.79 Å². The van der Waals surface area contributed by atoms with Crippen molar-refractivity contribution in [2.75, 3.05) is 13.1 Å². The number of hydrogen-bond donors (Lipinski definition) is 0. The lowest BCUT2D eigenvalue weighted by Gasteiger charge is -2.31. The molecule has 2 unspecified atom stereocenters. The molecule has 1 aromatic rings. The summed E-state index contributed by atoms with van der Waals surface area (Å²) < 4.78 is 0. The van der Waals surface area contributed by atoms with Crippen LogP contribution in [-0.2, 0) is 16.2 Å². The SMILES string of the molecule is O=CC1N2CCC3(CC3)[C@@H](C2)N1OCc1ccccc1. The molecule has 0 amide bonds. The Morgan fingerprint density at radius 3 is 2.75 bits per heavy atom. The van der Waals surface area contributed by atoms with Gasteiger partial charge in [-0.25, -0.2) is 0 Å². The van der Waals surface area contributed by atoms with Crippen LogP contribution < -0.4 is 0 Å². The minimum Gasteiger partial charge on any atom is -0.300 e. The molecule has 106 valence electrons. The molecule has 2 heterocycles. The number of aldehydes is 1. The van der Waals surface area contributed by atoms with Crippen LogP contribution in [0.3, 0.4) is 0 Å². The monoisotopic (exact) mass is 272 g/mol. The lowest BCUT2D eigenvalue weighted by atomic mass is 9.90. The second kappa shape index (κ2) is 4.65. The third kappa shape index (κ3) is 1.91. The van der Waals surface area contributed by atoms with Crippen molar-refractivity contribution in [3.05, 3.63) is 35.9 Å². The molecular formula is C16H20N2O2. The third-order valence-corrected chi connectivity index (χ3v) is 5.19. The number of carbonyl (C=O) groups is 1. The molecule has 2 bridgehead atoms. The summed E-state index contributed by atoms with van der Waals surface area (Å²) in [5.41, 5.74) is 1.59. The second-order valence-electron chi connectivity index (χ2n) is 6.29. The summed E-state index contributed by atoms with van der Waals surface area (Å²) in [6.45, 7) is 2.56. The molecule has 3 fully saturated rings. The Kier molecular flexibility index (Phi) is 2.91. The zero-order chi connectivity index (χ0) is 13.6. The van der Waals surface area contributed by atoms with E-state index in [1.165, 1.54) is 19.3 Å². The Balaban J connectivity index is 1.51. The topological polar surface area (TPSA) is 32.8 Å². The number of benzene rings is 1.